The number of nitrogens with one attached hydrogen (secondary N) is 1. The average Bonchev–Trinajstić information content (AvgIpc) is 3.02. The maximum absolute atomic E-state index is 12.5. The summed E-state index contributed by atoms with van der Waals surface area (Å²) in [5.74, 6) is 0. The van der Waals surface area contributed by atoms with Crippen molar-refractivity contribution in [1.29, 1.82) is 0 Å². The van der Waals surface area contributed by atoms with E-state index < -0.39 is 11.7 Å². The molecule has 0 saturated carbocycles. The van der Waals surface area contributed by atoms with Gasteiger partial charge in [-0.3, -0.25) is 4.90 Å². The molecule has 0 aliphatic carbocycles. The maximum atomic E-state index is 12.5. The third-order valence-corrected chi connectivity index (χ3v) is 4.04. The van der Waals surface area contributed by atoms with Crippen LogP contribution in [0.4, 0.5) is 13.2 Å². The van der Waals surface area contributed by atoms with E-state index in [1.807, 2.05) is 31.5 Å². The van der Waals surface area contributed by atoms with Crippen LogP contribution in [0.1, 0.15) is 16.7 Å². The van der Waals surface area contributed by atoms with Gasteiger partial charge in [-0.05, 0) is 47.8 Å². The van der Waals surface area contributed by atoms with Crippen LogP contribution in [-0.4, -0.2) is 23.5 Å². The number of benzene rings is 2. The lowest BCUT2D eigenvalue weighted by molar-refractivity contribution is -0.137. The van der Waals surface area contributed by atoms with Gasteiger partial charge in [0, 0.05) is 24.8 Å². The molecule has 0 saturated heterocycles. The van der Waals surface area contributed by atoms with Gasteiger partial charge < -0.3 is 4.98 Å². The van der Waals surface area contributed by atoms with Gasteiger partial charge in [-0.25, -0.2) is 0 Å². The molecular formula is C20H19F3N2. The lowest BCUT2D eigenvalue weighted by atomic mass is 10.1. The molecule has 25 heavy (non-hydrogen) atoms. The predicted molar refractivity (Wildman–Crippen MR) is 95.1 cm³/mol. The zero-order chi connectivity index (χ0) is 17.9. The first-order chi connectivity index (χ1) is 11.9. The summed E-state index contributed by atoms with van der Waals surface area (Å²) >= 11 is 0. The fourth-order valence-corrected chi connectivity index (χ4v) is 2.72. The van der Waals surface area contributed by atoms with Crippen LogP contribution < -0.4 is 0 Å². The Morgan fingerprint density at radius 1 is 1.04 bits per heavy atom. The van der Waals surface area contributed by atoms with E-state index in [1.54, 1.807) is 0 Å². The Labute approximate surface area is 144 Å². The Kier molecular flexibility index (Phi) is 4.95. The number of aromatic nitrogens is 1. The zero-order valence-electron chi connectivity index (χ0n) is 13.8. The Morgan fingerprint density at radius 3 is 2.52 bits per heavy atom. The number of likely N-dealkylation sites (N-methyl/N-ethyl adjacent to an activating group) is 1. The molecule has 3 aromatic rings. The molecule has 3 rings (SSSR count). The number of nitrogens with zero attached hydrogens (tertiary/aromatic N) is 1. The number of alkyl halides is 3. The number of halogens is 3. The van der Waals surface area contributed by atoms with Crippen molar-refractivity contribution in [2.75, 3.05) is 13.6 Å². The van der Waals surface area contributed by atoms with Crippen LogP contribution in [0.25, 0.3) is 17.0 Å². The van der Waals surface area contributed by atoms with Crippen molar-refractivity contribution in [3.63, 3.8) is 0 Å². The van der Waals surface area contributed by atoms with Crippen molar-refractivity contribution in [2.24, 2.45) is 0 Å². The fraction of sp³-hybridized carbons (Fsp3) is 0.200. The molecule has 5 heteroatoms. The molecule has 2 aromatic carbocycles. The highest BCUT2D eigenvalue weighted by atomic mass is 19.4. The second-order valence-corrected chi connectivity index (χ2v) is 6.12. The Balaban J connectivity index is 1.56. The number of aromatic amines is 1. The highest BCUT2D eigenvalue weighted by molar-refractivity contribution is 5.79. The molecule has 0 atom stereocenters. The number of H-pyrrole nitrogens is 1. The molecule has 1 N–H and O–H groups in total. The standard InChI is InChI=1S/C20H19F3N2/c1-25(14-16-4-7-17-10-11-24-19(17)13-16)12-2-3-15-5-8-18(9-6-15)20(21,22)23/h2-11,13,24H,12,14H2,1H3. The van der Waals surface area contributed by atoms with E-state index in [1.165, 1.54) is 23.1 Å². The van der Waals surface area contributed by atoms with Crippen molar-refractivity contribution in [1.82, 2.24) is 9.88 Å². The SMILES string of the molecule is CN(CC=Cc1ccc(C(F)(F)F)cc1)Cc1ccc2cc[nH]c2c1. The van der Waals surface area contributed by atoms with Crippen molar-refractivity contribution < 1.29 is 13.2 Å². The summed E-state index contributed by atoms with van der Waals surface area (Å²) in [6.45, 7) is 1.51. The van der Waals surface area contributed by atoms with Crippen LogP contribution in [0.15, 0.2) is 60.8 Å². The van der Waals surface area contributed by atoms with E-state index in [2.05, 4.69) is 28.1 Å². The first-order valence-corrected chi connectivity index (χ1v) is 8.00. The molecular weight excluding hydrogens is 325 g/mol. The molecule has 0 spiro atoms. The smallest absolute Gasteiger partial charge is 0.361 e. The van der Waals surface area contributed by atoms with E-state index in [4.69, 9.17) is 0 Å². The molecule has 0 bridgehead atoms. The van der Waals surface area contributed by atoms with E-state index in [0.717, 1.165) is 29.8 Å². The largest absolute Gasteiger partial charge is 0.416 e. The molecule has 1 heterocycles. The van der Waals surface area contributed by atoms with Crippen LogP contribution in [0.3, 0.4) is 0 Å². The average molecular weight is 344 g/mol. The molecule has 1 aromatic heterocycles. The first kappa shape index (κ1) is 17.3. The van der Waals surface area contributed by atoms with Crippen LogP contribution in [-0.2, 0) is 12.7 Å². The van der Waals surface area contributed by atoms with Gasteiger partial charge in [0.1, 0.15) is 0 Å². The monoisotopic (exact) mass is 344 g/mol. The summed E-state index contributed by atoms with van der Waals surface area (Å²) in [4.78, 5) is 5.34. The third kappa shape index (κ3) is 4.51. The van der Waals surface area contributed by atoms with Gasteiger partial charge >= 0.3 is 6.18 Å². The van der Waals surface area contributed by atoms with Gasteiger partial charge in [0.2, 0.25) is 0 Å². The van der Waals surface area contributed by atoms with E-state index in [9.17, 15) is 13.2 Å². The van der Waals surface area contributed by atoms with Crippen LogP contribution >= 0.6 is 0 Å². The van der Waals surface area contributed by atoms with Gasteiger partial charge in [-0.2, -0.15) is 13.2 Å². The Hall–Kier alpha value is -2.53. The molecule has 0 fully saturated rings. The third-order valence-electron chi connectivity index (χ3n) is 4.04. The molecule has 0 radical (unpaired) electrons. The first-order valence-electron chi connectivity index (χ1n) is 8.00. The summed E-state index contributed by atoms with van der Waals surface area (Å²) in [7, 11) is 2.01. The maximum Gasteiger partial charge on any atom is 0.416 e. The molecule has 2 nitrogen and oxygen atoms in total. The second kappa shape index (κ2) is 7.15. The number of hydrogen-bond acceptors (Lipinski definition) is 1. The Bertz CT molecular complexity index is 861. The highest BCUT2D eigenvalue weighted by Gasteiger charge is 2.29. The van der Waals surface area contributed by atoms with E-state index in [-0.39, 0.29) is 0 Å². The predicted octanol–water partition coefficient (Wildman–Crippen LogP) is 5.33. The van der Waals surface area contributed by atoms with Crippen LogP contribution in [0.2, 0.25) is 0 Å². The normalized spacial score (nSPS) is 12.5. The number of rotatable bonds is 5. The summed E-state index contributed by atoms with van der Waals surface area (Å²) in [6, 6.07) is 13.5. The zero-order valence-corrected chi connectivity index (χ0v) is 13.8. The minimum atomic E-state index is -4.29. The molecule has 0 amide bonds. The lowest BCUT2D eigenvalue weighted by Crippen LogP contribution is -2.17. The van der Waals surface area contributed by atoms with Gasteiger partial charge in [0.15, 0.2) is 0 Å². The summed E-state index contributed by atoms with van der Waals surface area (Å²) in [5.41, 5.74) is 2.46. The number of hydrogen-bond donors (Lipinski definition) is 1. The van der Waals surface area contributed by atoms with Crippen molar-refractivity contribution in [2.45, 2.75) is 12.7 Å². The minimum absolute atomic E-state index is 0.624. The van der Waals surface area contributed by atoms with Crippen molar-refractivity contribution >= 4 is 17.0 Å². The fourth-order valence-electron chi connectivity index (χ4n) is 2.72. The highest BCUT2D eigenvalue weighted by Crippen LogP contribution is 2.29. The lowest BCUT2D eigenvalue weighted by Gasteiger charge is -2.14. The summed E-state index contributed by atoms with van der Waals surface area (Å²) in [6.07, 6.45) is 1.42. The van der Waals surface area contributed by atoms with Gasteiger partial charge in [-0.15, -0.1) is 0 Å². The molecule has 130 valence electrons. The molecule has 0 aliphatic rings. The quantitative estimate of drug-likeness (QED) is 0.663. The number of fused-ring (bicyclic) bond motifs is 1. The van der Waals surface area contributed by atoms with E-state index in [0.29, 0.717) is 6.54 Å². The molecule has 0 aliphatic heterocycles. The van der Waals surface area contributed by atoms with E-state index >= 15 is 0 Å². The van der Waals surface area contributed by atoms with Gasteiger partial charge in [0.05, 0.1) is 5.56 Å². The molecule has 0 unspecified atom stereocenters. The minimum Gasteiger partial charge on any atom is -0.361 e. The van der Waals surface area contributed by atoms with Gasteiger partial charge in [-0.1, -0.05) is 36.4 Å². The van der Waals surface area contributed by atoms with Crippen molar-refractivity contribution in [3.05, 3.63) is 77.5 Å². The second-order valence-electron chi connectivity index (χ2n) is 6.12. The topological polar surface area (TPSA) is 19.0 Å². The summed E-state index contributed by atoms with van der Waals surface area (Å²) < 4.78 is 37.6. The van der Waals surface area contributed by atoms with Crippen molar-refractivity contribution in [3.8, 4) is 0 Å². The van der Waals surface area contributed by atoms with Crippen LogP contribution in [0.5, 0.6) is 0 Å². The van der Waals surface area contributed by atoms with Crippen LogP contribution in [0, 0.1) is 0 Å². The summed E-state index contributed by atoms with van der Waals surface area (Å²) in [5, 5.41) is 1.19. The van der Waals surface area contributed by atoms with Gasteiger partial charge in [0.25, 0.3) is 0 Å². The Morgan fingerprint density at radius 2 is 1.80 bits per heavy atom.